The highest BCUT2D eigenvalue weighted by atomic mass is 19.1. The van der Waals surface area contributed by atoms with Crippen LogP contribution in [0.1, 0.15) is 12.0 Å². The smallest absolute Gasteiger partial charge is 0.317 e. The van der Waals surface area contributed by atoms with Gasteiger partial charge in [-0.15, -0.1) is 0 Å². The summed E-state index contributed by atoms with van der Waals surface area (Å²) in [6.45, 7) is 0.170. The van der Waals surface area contributed by atoms with E-state index in [9.17, 15) is 14.0 Å². The molecule has 0 spiro atoms. The van der Waals surface area contributed by atoms with Crippen LogP contribution in [0.3, 0.4) is 0 Å². The van der Waals surface area contributed by atoms with Crippen molar-refractivity contribution in [2.75, 3.05) is 13.1 Å². The molecule has 0 saturated heterocycles. The van der Waals surface area contributed by atoms with Crippen LogP contribution in [0, 0.1) is 5.82 Å². The summed E-state index contributed by atoms with van der Waals surface area (Å²) in [5, 5.41) is 17.3. The van der Waals surface area contributed by atoms with Crippen molar-refractivity contribution in [2.24, 2.45) is 0 Å². The number of carboxylic acids is 2. The number of hydrogen-bond acceptors (Lipinski definition) is 3. The topological polar surface area (TPSA) is 77.8 Å². The van der Waals surface area contributed by atoms with Crippen LogP contribution in [0.15, 0.2) is 24.3 Å². The summed E-state index contributed by atoms with van der Waals surface area (Å²) in [4.78, 5) is 22.6. The number of rotatable bonds is 7. The lowest BCUT2D eigenvalue weighted by Gasteiger charge is -2.19. The molecule has 0 aliphatic carbocycles. The summed E-state index contributed by atoms with van der Waals surface area (Å²) in [7, 11) is 0. The summed E-state index contributed by atoms with van der Waals surface area (Å²) in [6.07, 6.45) is -0.130. The zero-order valence-corrected chi connectivity index (χ0v) is 9.67. The normalized spacial score (nSPS) is 10.6. The van der Waals surface area contributed by atoms with Gasteiger partial charge >= 0.3 is 11.9 Å². The van der Waals surface area contributed by atoms with Crippen LogP contribution < -0.4 is 0 Å². The molecule has 0 heterocycles. The van der Waals surface area contributed by atoms with E-state index in [1.807, 2.05) is 0 Å². The Morgan fingerprint density at radius 1 is 1.11 bits per heavy atom. The highest BCUT2D eigenvalue weighted by Crippen LogP contribution is 2.07. The third-order valence-corrected chi connectivity index (χ3v) is 2.32. The van der Waals surface area contributed by atoms with Gasteiger partial charge in [0.25, 0.3) is 0 Å². The van der Waals surface area contributed by atoms with Gasteiger partial charge in [0.1, 0.15) is 5.82 Å². The molecular formula is C12H14FNO4. The molecule has 0 saturated carbocycles. The first-order chi connectivity index (χ1) is 8.47. The summed E-state index contributed by atoms with van der Waals surface area (Å²) in [6, 6.07) is 5.66. The third kappa shape index (κ3) is 5.40. The van der Waals surface area contributed by atoms with Crippen LogP contribution in [0.4, 0.5) is 4.39 Å². The van der Waals surface area contributed by atoms with Crippen LogP contribution in [-0.2, 0) is 16.1 Å². The van der Waals surface area contributed by atoms with Gasteiger partial charge < -0.3 is 10.2 Å². The van der Waals surface area contributed by atoms with Crippen LogP contribution >= 0.6 is 0 Å². The van der Waals surface area contributed by atoms with Crippen molar-refractivity contribution < 1.29 is 24.2 Å². The number of hydrogen-bond donors (Lipinski definition) is 2. The van der Waals surface area contributed by atoms with Crippen molar-refractivity contribution in [3.8, 4) is 0 Å². The number of nitrogens with zero attached hydrogens (tertiary/aromatic N) is 1. The van der Waals surface area contributed by atoms with Crippen molar-refractivity contribution in [3.05, 3.63) is 35.6 Å². The van der Waals surface area contributed by atoms with Gasteiger partial charge in [0.15, 0.2) is 0 Å². The summed E-state index contributed by atoms with van der Waals surface area (Å²) >= 11 is 0. The first-order valence-electron chi connectivity index (χ1n) is 5.38. The second kappa shape index (κ2) is 6.70. The minimum absolute atomic E-state index is 0.130. The van der Waals surface area contributed by atoms with Gasteiger partial charge in [-0.1, -0.05) is 12.1 Å². The molecule has 0 bridgehead atoms. The lowest BCUT2D eigenvalue weighted by atomic mass is 10.2. The van der Waals surface area contributed by atoms with E-state index in [1.165, 1.54) is 17.0 Å². The highest BCUT2D eigenvalue weighted by Gasteiger charge is 2.12. The molecule has 1 aromatic carbocycles. The second-order valence-corrected chi connectivity index (χ2v) is 3.87. The van der Waals surface area contributed by atoms with Gasteiger partial charge in [-0.05, 0) is 17.7 Å². The summed E-state index contributed by atoms with van der Waals surface area (Å²) in [5.74, 6) is -2.37. The van der Waals surface area contributed by atoms with E-state index in [0.29, 0.717) is 0 Å². The maximum absolute atomic E-state index is 12.7. The Kier molecular flexibility index (Phi) is 5.26. The molecule has 0 unspecified atom stereocenters. The Labute approximate surface area is 103 Å². The molecule has 98 valence electrons. The monoisotopic (exact) mass is 255 g/mol. The number of halogens is 1. The molecule has 1 rings (SSSR count). The first kappa shape index (κ1) is 14.1. The Hall–Kier alpha value is -1.95. The molecule has 0 atom stereocenters. The number of aliphatic carboxylic acids is 2. The summed E-state index contributed by atoms with van der Waals surface area (Å²) in [5.41, 5.74) is 0.739. The fourth-order valence-corrected chi connectivity index (χ4v) is 1.51. The van der Waals surface area contributed by atoms with Crippen molar-refractivity contribution >= 4 is 11.9 Å². The third-order valence-electron chi connectivity index (χ3n) is 2.32. The fourth-order valence-electron chi connectivity index (χ4n) is 1.51. The minimum atomic E-state index is -1.03. The SMILES string of the molecule is O=C(O)CCN(CC(=O)O)Cc1ccc(F)cc1. The van der Waals surface area contributed by atoms with Crippen LogP contribution in [-0.4, -0.2) is 40.1 Å². The molecule has 0 amide bonds. The van der Waals surface area contributed by atoms with Gasteiger partial charge in [-0.2, -0.15) is 0 Å². The average Bonchev–Trinajstić information content (AvgIpc) is 2.28. The van der Waals surface area contributed by atoms with E-state index in [0.717, 1.165) is 5.56 Å². The fraction of sp³-hybridized carbons (Fsp3) is 0.333. The maximum atomic E-state index is 12.7. The lowest BCUT2D eigenvalue weighted by molar-refractivity contribution is -0.141. The van der Waals surface area contributed by atoms with Crippen molar-refractivity contribution in [3.63, 3.8) is 0 Å². The highest BCUT2D eigenvalue weighted by molar-refractivity contribution is 5.69. The van der Waals surface area contributed by atoms with E-state index in [1.54, 1.807) is 12.1 Å². The molecule has 0 aliphatic heterocycles. The molecule has 0 aromatic heterocycles. The molecule has 5 nitrogen and oxygen atoms in total. The summed E-state index contributed by atoms with van der Waals surface area (Å²) < 4.78 is 12.7. The lowest BCUT2D eigenvalue weighted by Crippen LogP contribution is -2.31. The number of carbonyl (C=O) groups is 2. The van der Waals surface area contributed by atoms with E-state index < -0.39 is 11.9 Å². The Bertz CT molecular complexity index is 419. The van der Waals surface area contributed by atoms with E-state index in [2.05, 4.69) is 0 Å². The van der Waals surface area contributed by atoms with Gasteiger partial charge in [0, 0.05) is 13.1 Å². The number of carboxylic acid groups (broad SMARTS) is 2. The molecule has 0 fully saturated rings. The molecule has 2 N–H and O–H groups in total. The van der Waals surface area contributed by atoms with E-state index in [-0.39, 0.29) is 31.9 Å². The zero-order valence-electron chi connectivity index (χ0n) is 9.67. The second-order valence-electron chi connectivity index (χ2n) is 3.87. The van der Waals surface area contributed by atoms with Gasteiger partial charge in [0.2, 0.25) is 0 Å². The minimum Gasteiger partial charge on any atom is -0.481 e. The van der Waals surface area contributed by atoms with Crippen molar-refractivity contribution in [2.45, 2.75) is 13.0 Å². The van der Waals surface area contributed by atoms with E-state index in [4.69, 9.17) is 10.2 Å². The molecule has 1 aromatic rings. The average molecular weight is 255 g/mol. The van der Waals surface area contributed by atoms with Crippen LogP contribution in [0.5, 0.6) is 0 Å². The van der Waals surface area contributed by atoms with Crippen molar-refractivity contribution in [1.82, 2.24) is 4.90 Å². The van der Waals surface area contributed by atoms with Crippen LogP contribution in [0.25, 0.3) is 0 Å². The Morgan fingerprint density at radius 3 is 2.22 bits per heavy atom. The largest absolute Gasteiger partial charge is 0.481 e. The molecule has 0 aliphatic rings. The van der Waals surface area contributed by atoms with Crippen LogP contribution in [0.2, 0.25) is 0 Å². The quantitative estimate of drug-likeness (QED) is 0.765. The predicted octanol–water partition coefficient (Wildman–Crippen LogP) is 1.19. The molecule has 0 radical (unpaired) electrons. The Balaban J connectivity index is 2.61. The first-order valence-corrected chi connectivity index (χ1v) is 5.38. The predicted molar refractivity (Wildman–Crippen MR) is 61.6 cm³/mol. The standard InChI is InChI=1S/C12H14FNO4/c13-10-3-1-9(2-4-10)7-14(8-12(17)18)6-5-11(15)16/h1-4H,5-8H2,(H,15,16)(H,17,18). The van der Waals surface area contributed by atoms with Crippen molar-refractivity contribution in [1.29, 1.82) is 0 Å². The number of benzene rings is 1. The van der Waals surface area contributed by atoms with Gasteiger partial charge in [-0.3, -0.25) is 14.5 Å². The van der Waals surface area contributed by atoms with Gasteiger partial charge in [-0.25, -0.2) is 4.39 Å². The zero-order chi connectivity index (χ0) is 13.5. The van der Waals surface area contributed by atoms with E-state index >= 15 is 0 Å². The van der Waals surface area contributed by atoms with Gasteiger partial charge in [0.05, 0.1) is 13.0 Å². The molecule has 18 heavy (non-hydrogen) atoms. The Morgan fingerprint density at radius 2 is 1.72 bits per heavy atom. The molecule has 6 heteroatoms. The molecular weight excluding hydrogens is 241 g/mol. The maximum Gasteiger partial charge on any atom is 0.317 e.